The van der Waals surface area contributed by atoms with Gasteiger partial charge in [0.2, 0.25) is 0 Å². The molecule has 0 bridgehead atoms. The van der Waals surface area contributed by atoms with Crippen LogP contribution in [0.25, 0.3) is 6.08 Å². The third kappa shape index (κ3) is 5.01. The summed E-state index contributed by atoms with van der Waals surface area (Å²) in [6.45, 7) is 5.30. The third-order valence-electron chi connectivity index (χ3n) is 1.99. The molecule has 1 aromatic rings. The Morgan fingerprint density at radius 3 is 2.75 bits per heavy atom. The van der Waals surface area contributed by atoms with E-state index >= 15 is 0 Å². The summed E-state index contributed by atoms with van der Waals surface area (Å²) in [5.74, 6) is 0.900. The van der Waals surface area contributed by atoms with E-state index in [4.69, 9.17) is 4.74 Å². The molecule has 0 atom stereocenters. The lowest BCUT2D eigenvalue weighted by Gasteiger charge is -2.03. The van der Waals surface area contributed by atoms with E-state index in [0.29, 0.717) is 0 Å². The van der Waals surface area contributed by atoms with Gasteiger partial charge in [0.1, 0.15) is 5.75 Å². The molecule has 0 saturated heterocycles. The highest BCUT2D eigenvalue weighted by atomic mass is 35.5. The molecular formula is C13H18ClNO. The van der Waals surface area contributed by atoms with Crippen molar-refractivity contribution in [3.05, 3.63) is 48.6 Å². The number of rotatable bonds is 6. The van der Waals surface area contributed by atoms with Gasteiger partial charge in [0.25, 0.3) is 0 Å². The summed E-state index contributed by atoms with van der Waals surface area (Å²) in [6.07, 6.45) is 5.97. The minimum atomic E-state index is 0. The van der Waals surface area contributed by atoms with Crippen LogP contribution in [-0.4, -0.2) is 20.2 Å². The smallest absolute Gasteiger partial charge is 0.126 e. The molecule has 0 saturated carbocycles. The number of hydrogen-bond donors (Lipinski definition) is 1. The van der Waals surface area contributed by atoms with Crippen LogP contribution in [0.4, 0.5) is 0 Å². The standard InChI is InChI=1S/C13H17NO.ClH/c1-3-10-14-11-6-8-12-7-4-5-9-13(12)15-2;/h3-9,14H,1,10-11H2,2H3;1H/b8-6+;. The van der Waals surface area contributed by atoms with Gasteiger partial charge >= 0.3 is 0 Å². The minimum absolute atomic E-state index is 0. The molecule has 0 aliphatic heterocycles. The van der Waals surface area contributed by atoms with Crippen molar-refractivity contribution in [2.24, 2.45) is 0 Å². The molecule has 0 aliphatic carbocycles. The topological polar surface area (TPSA) is 21.3 Å². The second-order valence-electron chi connectivity index (χ2n) is 3.09. The fourth-order valence-electron chi connectivity index (χ4n) is 1.26. The lowest BCUT2D eigenvalue weighted by Crippen LogP contribution is -2.12. The SMILES string of the molecule is C=CCNC/C=C/c1ccccc1OC.Cl. The van der Waals surface area contributed by atoms with E-state index in [1.807, 2.05) is 30.3 Å². The number of benzene rings is 1. The van der Waals surface area contributed by atoms with Gasteiger partial charge in [-0.3, -0.25) is 0 Å². The van der Waals surface area contributed by atoms with Gasteiger partial charge in [0.15, 0.2) is 0 Å². The van der Waals surface area contributed by atoms with E-state index in [0.717, 1.165) is 24.4 Å². The Balaban J connectivity index is 0.00000225. The minimum Gasteiger partial charge on any atom is -0.496 e. The molecule has 0 fully saturated rings. The summed E-state index contributed by atoms with van der Waals surface area (Å²) in [5, 5.41) is 3.20. The summed E-state index contributed by atoms with van der Waals surface area (Å²) in [4.78, 5) is 0. The second kappa shape index (κ2) is 9.01. The molecule has 0 unspecified atom stereocenters. The van der Waals surface area contributed by atoms with Crippen LogP contribution in [0.2, 0.25) is 0 Å². The van der Waals surface area contributed by atoms with E-state index in [2.05, 4.69) is 24.0 Å². The Kier molecular flexibility index (Phi) is 8.31. The maximum absolute atomic E-state index is 5.24. The zero-order valence-corrected chi connectivity index (χ0v) is 10.3. The molecule has 0 amide bonds. The molecule has 2 nitrogen and oxygen atoms in total. The van der Waals surface area contributed by atoms with Crippen molar-refractivity contribution >= 4 is 18.5 Å². The van der Waals surface area contributed by atoms with E-state index in [1.165, 1.54) is 0 Å². The molecule has 88 valence electrons. The van der Waals surface area contributed by atoms with E-state index in [9.17, 15) is 0 Å². The van der Waals surface area contributed by atoms with Crippen LogP contribution in [-0.2, 0) is 0 Å². The van der Waals surface area contributed by atoms with Gasteiger partial charge in [-0.2, -0.15) is 0 Å². The molecule has 0 spiro atoms. The number of nitrogens with one attached hydrogen (secondary N) is 1. The first-order chi connectivity index (χ1) is 7.38. The number of halogens is 1. The molecule has 0 aromatic heterocycles. The first-order valence-electron chi connectivity index (χ1n) is 4.99. The fraction of sp³-hybridized carbons (Fsp3) is 0.231. The van der Waals surface area contributed by atoms with Crippen LogP contribution in [0.15, 0.2) is 43.0 Å². The first kappa shape index (κ1) is 14.8. The van der Waals surface area contributed by atoms with E-state index < -0.39 is 0 Å². The van der Waals surface area contributed by atoms with Gasteiger partial charge in [0.05, 0.1) is 7.11 Å². The zero-order chi connectivity index (χ0) is 10.9. The predicted octanol–water partition coefficient (Wildman–Crippen LogP) is 2.91. The average Bonchev–Trinajstić information content (AvgIpc) is 2.29. The highest BCUT2D eigenvalue weighted by Gasteiger charge is 1.95. The number of para-hydroxylation sites is 1. The van der Waals surface area contributed by atoms with Crippen molar-refractivity contribution in [2.45, 2.75) is 0 Å². The number of hydrogen-bond acceptors (Lipinski definition) is 2. The highest BCUT2D eigenvalue weighted by Crippen LogP contribution is 2.18. The van der Waals surface area contributed by atoms with Crippen LogP contribution >= 0.6 is 12.4 Å². The van der Waals surface area contributed by atoms with Crippen molar-refractivity contribution in [3.8, 4) is 5.75 Å². The van der Waals surface area contributed by atoms with Crippen LogP contribution in [0.1, 0.15) is 5.56 Å². The van der Waals surface area contributed by atoms with Crippen LogP contribution in [0.5, 0.6) is 5.75 Å². The quantitative estimate of drug-likeness (QED) is 0.609. The van der Waals surface area contributed by atoms with Crippen molar-refractivity contribution in [1.82, 2.24) is 5.32 Å². The van der Waals surface area contributed by atoms with E-state index in [1.54, 1.807) is 7.11 Å². The maximum Gasteiger partial charge on any atom is 0.126 e. The van der Waals surface area contributed by atoms with Crippen LogP contribution in [0, 0.1) is 0 Å². The summed E-state index contributed by atoms with van der Waals surface area (Å²) in [5.41, 5.74) is 1.10. The lowest BCUT2D eigenvalue weighted by atomic mass is 10.2. The van der Waals surface area contributed by atoms with Gasteiger partial charge in [-0.1, -0.05) is 36.4 Å². The molecule has 1 aromatic carbocycles. The molecule has 1 N–H and O–H groups in total. The summed E-state index contributed by atoms with van der Waals surface area (Å²) < 4.78 is 5.24. The summed E-state index contributed by atoms with van der Waals surface area (Å²) >= 11 is 0. The Labute approximate surface area is 103 Å². The number of ether oxygens (including phenoxy) is 1. The Morgan fingerprint density at radius 1 is 1.31 bits per heavy atom. The van der Waals surface area contributed by atoms with Crippen LogP contribution < -0.4 is 10.1 Å². The van der Waals surface area contributed by atoms with Crippen molar-refractivity contribution in [3.63, 3.8) is 0 Å². The number of methoxy groups -OCH3 is 1. The van der Waals surface area contributed by atoms with Crippen molar-refractivity contribution < 1.29 is 4.74 Å². The molecule has 0 aliphatic rings. The fourth-order valence-corrected chi connectivity index (χ4v) is 1.26. The first-order valence-corrected chi connectivity index (χ1v) is 4.99. The van der Waals surface area contributed by atoms with Gasteiger partial charge in [-0.15, -0.1) is 19.0 Å². The largest absolute Gasteiger partial charge is 0.496 e. The zero-order valence-electron chi connectivity index (χ0n) is 9.48. The predicted molar refractivity (Wildman–Crippen MR) is 72.3 cm³/mol. The average molecular weight is 240 g/mol. The van der Waals surface area contributed by atoms with E-state index in [-0.39, 0.29) is 12.4 Å². The normalized spacial score (nSPS) is 9.81. The molecule has 1 rings (SSSR count). The Hall–Kier alpha value is -1.25. The second-order valence-corrected chi connectivity index (χ2v) is 3.09. The van der Waals surface area contributed by atoms with Gasteiger partial charge in [-0.05, 0) is 6.07 Å². The van der Waals surface area contributed by atoms with Crippen molar-refractivity contribution in [2.75, 3.05) is 20.2 Å². The maximum atomic E-state index is 5.24. The van der Waals surface area contributed by atoms with Crippen LogP contribution in [0.3, 0.4) is 0 Å². The molecule has 16 heavy (non-hydrogen) atoms. The molecule has 0 heterocycles. The third-order valence-corrected chi connectivity index (χ3v) is 1.99. The molecule has 0 radical (unpaired) electrons. The lowest BCUT2D eigenvalue weighted by molar-refractivity contribution is 0.414. The highest BCUT2D eigenvalue weighted by molar-refractivity contribution is 5.85. The van der Waals surface area contributed by atoms with Crippen molar-refractivity contribution in [1.29, 1.82) is 0 Å². The molecular weight excluding hydrogens is 222 g/mol. The van der Waals surface area contributed by atoms with Gasteiger partial charge in [-0.25, -0.2) is 0 Å². The summed E-state index contributed by atoms with van der Waals surface area (Å²) in [6, 6.07) is 7.95. The Bertz CT molecular complexity index is 336. The Morgan fingerprint density at radius 2 is 2.06 bits per heavy atom. The van der Waals surface area contributed by atoms with Gasteiger partial charge < -0.3 is 10.1 Å². The molecule has 3 heteroatoms. The van der Waals surface area contributed by atoms with Gasteiger partial charge in [0, 0.05) is 18.7 Å². The summed E-state index contributed by atoms with van der Waals surface area (Å²) in [7, 11) is 1.68. The monoisotopic (exact) mass is 239 g/mol.